The van der Waals surface area contributed by atoms with E-state index in [-0.39, 0.29) is 5.78 Å². The maximum atomic E-state index is 12.4. The molecule has 148 valence electrons. The number of hydrogen-bond donors (Lipinski definition) is 0. The minimum absolute atomic E-state index is 0.0209. The van der Waals surface area contributed by atoms with Gasteiger partial charge in [-0.15, -0.1) is 0 Å². The molecular formula is C26H26O3. The maximum Gasteiger partial charge on any atom is 0.343 e. The number of esters is 1. The summed E-state index contributed by atoms with van der Waals surface area (Å²) >= 11 is 0. The highest BCUT2D eigenvalue weighted by Crippen LogP contribution is 2.22. The van der Waals surface area contributed by atoms with Crippen molar-refractivity contribution in [1.82, 2.24) is 0 Å². The Balaban J connectivity index is 1.63. The summed E-state index contributed by atoms with van der Waals surface area (Å²) in [5.74, 6) is -0.0198. The van der Waals surface area contributed by atoms with Crippen molar-refractivity contribution < 1.29 is 14.3 Å². The lowest BCUT2D eigenvalue weighted by Gasteiger charge is -2.07. The van der Waals surface area contributed by atoms with E-state index in [4.69, 9.17) is 4.74 Å². The van der Waals surface area contributed by atoms with Crippen LogP contribution >= 0.6 is 0 Å². The molecule has 3 heteroatoms. The first kappa shape index (κ1) is 20.5. The summed E-state index contributed by atoms with van der Waals surface area (Å²) < 4.78 is 5.39. The third-order valence-electron chi connectivity index (χ3n) is 4.95. The van der Waals surface area contributed by atoms with Gasteiger partial charge in [-0.25, -0.2) is 4.79 Å². The second-order valence-electron chi connectivity index (χ2n) is 7.20. The number of unbranched alkanes of at least 4 members (excludes halogenated alkanes) is 2. The number of ether oxygens (including phenoxy) is 1. The molecule has 0 saturated carbocycles. The van der Waals surface area contributed by atoms with Crippen molar-refractivity contribution in [3.05, 3.63) is 89.5 Å². The molecule has 0 unspecified atom stereocenters. The minimum Gasteiger partial charge on any atom is -0.423 e. The van der Waals surface area contributed by atoms with Crippen molar-refractivity contribution in [1.29, 1.82) is 0 Å². The molecule has 0 aliphatic carbocycles. The largest absolute Gasteiger partial charge is 0.423 e. The van der Waals surface area contributed by atoms with Crippen molar-refractivity contribution in [2.45, 2.75) is 39.5 Å². The van der Waals surface area contributed by atoms with Gasteiger partial charge in [-0.05, 0) is 72.9 Å². The minimum atomic E-state index is -0.418. The summed E-state index contributed by atoms with van der Waals surface area (Å²) in [6.45, 7) is 3.72. The van der Waals surface area contributed by atoms with E-state index >= 15 is 0 Å². The van der Waals surface area contributed by atoms with E-state index in [1.54, 1.807) is 36.4 Å². The first-order chi connectivity index (χ1) is 14.1. The number of carbonyl (C=O) groups is 2. The van der Waals surface area contributed by atoms with Gasteiger partial charge < -0.3 is 4.74 Å². The van der Waals surface area contributed by atoms with Crippen LogP contribution < -0.4 is 4.74 Å². The Hall–Kier alpha value is -3.20. The van der Waals surface area contributed by atoms with Gasteiger partial charge in [-0.1, -0.05) is 56.2 Å². The molecule has 3 aromatic rings. The lowest BCUT2D eigenvalue weighted by Crippen LogP contribution is -2.08. The summed E-state index contributed by atoms with van der Waals surface area (Å²) in [6.07, 6.45) is 4.84. The fourth-order valence-corrected chi connectivity index (χ4v) is 3.17. The molecule has 3 aromatic carbocycles. The molecule has 0 amide bonds. The van der Waals surface area contributed by atoms with Gasteiger partial charge in [-0.3, -0.25) is 4.79 Å². The fourth-order valence-electron chi connectivity index (χ4n) is 3.17. The monoisotopic (exact) mass is 386 g/mol. The lowest BCUT2D eigenvalue weighted by molar-refractivity contribution is 0.0734. The van der Waals surface area contributed by atoms with Gasteiger partial charge in [0.2, 0.25) is 0 Å². The molecule has 29 heavy (non-hydrogen) atoms. The van der Waals surface area contributed by atoms with E-state index in [9.17, 15) is 9.59 Å². The van der Waals surface area contributed by atoms with Gasteiger partial charge in [0.05, 0.1) is 5.56 Å². The molecule has 0 aliphatic rings. The molecule has 0 spiro atoms. The summed E-state index contributed by atoms with van der Waals surface area (Å²) in [7, 11) is 0. The predicted octanol–water partition coefficient (Wildman–Crippen LogP) is 6.51. The summed E-state index contributed by atoms with van der Waals surface area (Å²) in [5, 5.41) is 0. The van der Waals surface area contributed by atoms with Crippen molar-refractivity contribution >= 4 is 11.8 Å². The molecule has 0 heterocycles. The van der Waals surface area contributed by atoms with Gasteiger partial charge >= 0.3 is 5.97 Å². The quantitative estimate of drug-likeness (QED) is 0.192. The van der Waals surface area contributed by atoms with Crippen LogP contribution in [0.5, 0.6) is 5.75 Å². The van der Waals surface area contributed by atoms with Gasteiger partial charge in [0.1, 0.15) is 5.75 Å². The van der Waals surface area contributed by atoms with E-state index < -0.39 is 5.97 Å². The average Bonchev–Trinajstić information content (AvgIpc) is 2.75. The van der Waals surface area contributed by atoms with Crippen LogP contribution in [0.25, 0.3) is 11.1 Å². The van der Waals surface area contributed by atoms with Crippen LogP contribution in [0.2, 0.25) is 0 Å². The van der Waals surface area contributed by atoms with Crippen molar-refractivity contribution in [3.8, 4) is 16.9 Å². The van der Waals surface area contributed by atoms with Crippen molar-refractivity contribution in [2.24, 2.45) is 0 Å². The molecule has 0 aromatic heterocycles. The summed E-state index contributed by atoms with van der Waals surface area (Å²) in [4.78, 5) is 23.7. The Bertz CT molecular complexity index is 952. The Morgan fingerprint density at radius 2 is 1.28 bits per heavy atom. The smallest absolute Gasteiger partial charge is 0.343 e. The second kappa shape index (κ2) is 9.83. The van der Waals surface area contributed by atoms with E-state index in [1.807, 2.05) is 12.1 Å². The molecule has 0 bridgehead atoms. The number of hydrogen-bond acceptors (Lipinski definition) is 3. The third kappa shape index (κ3) is 5.64. The van der Waals surface area contributed by atoms with Crippen LogP contribution in [0.1, 0.15) is 59.4 Å². The van der Waals surface area contributed by atoms with Crippen molar-refractivity contribution in [3.63, 3.8) is 0 Å². The van der Waals surface area contributed by atoms with Crippen LogP contribution in [-0.4, -0.2) is 11.8 Å². The highest BCUT2D eigenvalue weighted by molar-refractivity contribution is 5.94. The van der Waals surface area contributed by atoms with Crippen LogP contribution in [0.15, 0.2) is 72.8 Å². The van der Waals surface area contributed by atoms with Crippen LogP contribution in [0.3, 0.4) is 0 Å². The topological polar surface area (TPSA) is 43.4 Å². The zero-order chi connectivity index (χ0) is 20.6. The Morgan fingerprint density at radius 3 is 1.83 bits per heavy atom. The van der Waals surface area contributed by atoms with E-state index in [2.05, 4.69) is 31.2 Å². The lowest BCUT2D eigenvalue weighted by atomic mass is 10.0. The number of rotatable bonds is 8. The van der Waals surface area contributed by atoms with Gasteiger partial charge in [0, 0.05) is 5.56 Å². The molecule has 0 saturated heterocycles. The van der Waals surface area contributed by atoms with E-state index in [0.29, 0.717) is 16.9 Å². The summed E-state index contributed by atoms with van der Waals surface area (Å²) in [5.41, 5.74) is 4.63. The SMILES string of the molecule is CCCCCc1ccc(-c2ccc(C(=O)Oc3ccc(C(C)=O)cc3)cc2)cc1. The normalized spacial score (nSPS) is 10.6. The number of ketones is 1. The highest BCUT2D eigenvalue weighted by atomic mass is 16.5. The number of Topliss-reactive ketones (excluding diaryl/α,β-unsaturated/α-hetero) is 1. The second-order valence-corrected chi connectivity index (χ2v) is 7.20. The highest BCUT2D eigenvalue weighted by Gasteiger charge is 2.10. The molecule has 0 radical (unpaired) electrons. The zero-order valence-electron chi connectivity index (χ0n) is 17.0. The predicted molar refractivity (Wildman–Crippen MR) is 117 cm³/mol. The average molecular weight is 386 g/mol. The molecule has 0 aliphatic heterocycles. The maximum absolute atomic E-state index is 12.4. The van der Waals surface area contributed by atoms with Gasteiger partial charge in [0.25, 0.3) is 0 Å². The number of aryl methyl sites for hydroxylation is 1. The molecule has 0 fully saturated rings. The Kier molecular flexibility index (Phi) is 6.96. The Morgan fingerprint density at radius 1 is 0.724 bits per heavy atom. The molecule has 3 rings (SSSR count). The third-order valence-corrected chi connectivity index (χ3v) is 4.95. The summed E-state index contributed by atoms with van der Waals surface area (Å²) in [6, 6.07) is 22.6. The standard InChI is InChI=1S/C26H26O3/c1-3-4-5-6-20-7-9-22(10-8-20)23-11-13-24(14-12-23)26(28)29-25-17-15-21(16-18-25)19(2)27/h7-18H,3-6H2,1-2H3. The number of carbonyl (C=O) groups excluding carboxylic acids is 2. The van der Waals surface area contributed by atoms with Crippen LogP contribution in [0, 0.1) is 0 Å². The zero-order valence-corrected chi connectivity index (χ0v) is 17.0. The number of benzene rings is 3. The van der Waals surface area contributed by atoms with E-state index in [0.717, 1.165) is 17.5 Å². The molecule has 0 atom stereocenters. The van der Waals surface area contributed by atoms with Gasteiger partial charge in [0.15, 0.2) is 5.78 Å². The van der Waals surface area contributed by atoms with Crippen LogP contribution in [0.4, 0.5) is 0 Å². The fraction of sp³-hybridized carbons (Fsp3) is 0.231. The van der Waals surface area contributed by atoms with Crippen LogP contribution in [-0.2, 0) is 6.42 Å². The van der Waals surface area contributed by atoms with Crippen molar-refractivity contribution in [2.75, 3.05) is 0 Å². The molecular weight excluding hydrogens is 360 g/mol. The first-order valence-electron chi connectivity index (χ1n) is 10.1. The molecule has 0 N–H and O–H groups in total. The first-order valence-corrected chi connectivity index (χ1v) is 10.1. The Labute approximate surface area is 172 Å². The van der Waals surface area contributed by atoms with Gasteiger partial charge in [-0.2, -0.15) is 0 Å². The molecule has 3 nitrogen and oxygen atoms in total. The van der Waals surface area contributed by atoms with E-state index in [1.165, 1.54) is 31.7 Å².